The molecule has 0 radical (unpaired) electrons. The first-order valence-corrected chi connectivity index (χ1v) is 8.70. The van der Waals surface area contributed by atoms with Crippen molar-refractivity contribution in [1.82, 2.24) is 4.90 Å². The van der Waals surface area contributed by atoms with E-state index >= 15 is 0 Å². The fraction of sp³-hybridized carbons (Fsp3) is 0.500. The summed E-state index contributed by atoms with van der Waals surface area (Å²) in [7, 11) is -1.10. The van der Waals surface area contributed by atoms with Crippen LogP contribution in [0.1, 0.15) is 24.0 Å². The fourth-order valence-electron chi connectivity index (χ4n) is 2.06. The molecule has 118 valence electrons. The lowest BCUT2D eigenvalue weighted by atomic mass is 10.1. The second-order valence-electron chi connectivity index (χ2n) is 5.36. The molecule has 2 rings (SSSR count). The van der Waals surface area contributed by atoms with Crippen molar-refractivity contribution in [3.8, 4) is 0 Å². The second-order valence-corrected chi connectivity index (χ2v) is 7.50. The maximum absolute atomic E-state index is 11.4. The number of hydrogen-bond donors (Lipinski definition) is 1. The van der Waals surface area contributed by atoms with Gasteiger partial charge in [-0.1, -0.05) is 24.3 Å². The Hall–Kier alpha value is -0.830. The van der Waals surface area contributed by atoms with Crippen LogP contribution in [0.2, 0.25) is 0 Å². The van der Waals surface area contributed by atoms with Crippen molar-refractivity contribution in [2.45, 2.75) is 31.2 Å². The first-order valence-electron chi connectivity index (χ1n) is 6.64. The molecule has 0 atom stereocenters. The second kappa shape index (κ2) is 7.44. The van der Waals surface area contributed by atoms with E-state index in [-0.39, 0.29) is 29.7 Å². The number of aliphatic imine (C=N–C) groups is 1. The van der Waals surface area contributed by atoms with E-state index in [1.807, 2.05) is 36.2 Å². The van der Waals surface area contributed by atoms with Crippen molar-refractivity contribution in [1.29, 1.82) is 0 Å². The summed E-state index contributed by atoms with van der Waals surface area (Å²) in [5.74, 6) is 0.554. The van der Waals surface area contributed by atoms with Crippen molar-refractivity contribution in [3.63, 3.8) is 0 Å². The van der Waals surface area contributed by atoms with Crippen LogP contribution >= 0.6 is 24.0 Å². The Morgan fingerprint density at radius 2 is 1.90 bits per heavy atom. The summed E-state index contributed by atoms with van der Waals surface area (Å²) in [6, 6.07) is 7.97. The molecule has 21 heavy (non-hydrogen) atoms. The smallest absolute Gasteiger partial charge is 0.191 e. The Labute approximate surface area is 143 Å². The van der Waals surface area contributed by atoms with E-state index < -0.39 is 9.84 Å². The molecule has 1 aliphatic carbocycles. The average molecular weight is 423 g/mol. The summed E-state index contributed by atoms with van der Waals surface area (Å²) in [4.78, 5) is 6.36. The van der Waals surface area contributed by atoms with Gasteiger partial charge in [0.2, 0.25) is 0 Å². The van der Waals surface area contributed by atoms with Crippen LogP contribution in [0.4, 0.5) is 0 Å². The maximum atomic E-state index is 11.4. The summed E-state index contributed by atoms with van der Waals surface area (Å²) in [6.45, 7) is 0.411. The quantitative estimate of drug-likeness (QED) is 0.445. The molecule has 0 unspecified atom stereocenters. The van der Waals surface area contributed by atoms with Crippen LogP contribution in [0.25, 0.3) is 0 Å². The van der Waals surface area contributed by atoms with Crippen LogP contribution in [0.5, 0.6) is 0 Å². The van der Waals surface area contributed by atoms with Gasteiger partial charge in [0.25, 0.3) is 0 Å². The van der Waals surface area contributed by atoms with E-state index in [0.717, 1.165) is 24.0 Å². The maximum Gasteiger partial charge on any atom is 0.191 e. The number of guanidine groups is 1. The summed E-state index contributed by atoms with van der Waals surface area (Å²) in [5, 5.41) is 0. The summed E-state index contributed by atoms with van der Waals surface area (Å²) >= 11 is 0. The molecule has 1 aromatic rings. The topological polar surface area (TPSA) is 75.8 Å². The summed E-state index contributed by atoms with van der Waals surface area (Å²) in [5.41, 5.74) is 7.64. The lowest BCUT2D eigenvalue weighted by Crippen LogP contribution is -2.35. The van der Waals surface area contributed by atoms with Crippen molar-refractivity contribution in [2.75, 3.05) is 13.3 Å². The minimum absolute atomic E-state index is 0. The number of nitrogens with two attached hydrogens (primary N) is 1. The highest BCUT2D eigenvalue weighted by atomic mass is 127. The van der Waals surface area contributed by atoms with E-state index in [1.165, 1.54) is 6.26 Å². The number of hydrogen-bond acceptors (Lipinski definition) is 3. The van der Waals surface area contributed by atoms with Crippen LogP contribution in [-0.2, 0) is 22.1 Å². The van der Waals surface area contributed by atoms with Crippen LogP contribution in [-0.4, -0.2) is 38.6 Å². The number of halogens is 1. The highest BCUT2D eigenvalue weighted by Gasteiger charge is 2.27. The SMILES string of the molecule is CN(C(N)=NCc1ccccc1CS(C)(=O)=O)C1CC1.I. The van der Waals surface area contributed by atoms with Gasteiger partial charge in [-0.15, -0.1) is 24.0 Å². The van der Waals surface area contributed by atoms with Crippen LogP contribution in [0.15, 0.2) is 29.3 Å². The third-order valence-corrected chi connectivity index (χ3v) is 4.24. The van der Waals surface area contributed by atoms with Crippen molar-refractivity contribution >= 4 is 39.8 Å². The van der Waals surface area contributed by atoms with E-state index in [9.17, 15) is 8.42 Å². The molecule has 0 spiro atoms. The zero-order valence-electron chi connectivity index (χ0n) is 12.3. The number of benzene rings is 1. The van der Waals surface area contributed by atoms with Gasteiger partial charge in [0.05, 0.1) is 12.3 Å². The predicted molar refractivity (Wildman–Crippen MR) is 96.5 cm³/mol. The first-order chi connectivity index (χ1) is 9.37. The van der Waals surface area contributed by atoms with Gasteiger partial charge < -0.3 is 10.6 Å². The zero-order chi connectivity index (χ0) is 14.8. The predicted octanol–water partition coefficient (Wildman–Crippen LogP) is 1.76. The third kappa shape index (κ3) is 5.82. The standard InChI is InChI=1S/C14H21N3O2S.HI/c1-17(13-7-8-13)14(15)16-9-11-5-3-4-6-12(11)10-20(2,18)19;/h3-6,13H,7-10H2,1-2H3,(H2,15,16);1H. The molecule has 1 aliphatic rings. The molecule has 7 heteroatoms. The van der Waals surface area contributed by atoms with Gasteiger partial charge in [-0.05, 0) is 24.0 Å². The largest absolute Gasteiger partial charge is 0.370 e. The van der Waals surface area contributed by atoms with Gasteiger partial charge in [0.15, 0.2) is 15.8 Å². The number of sulfone groups is 1. The molecule has 0 bridgehead atoms. The fourth-order valence-corrected chi connectivity index (χ4v) is 2.91. The van der Waals surface area contributed by atoms with Gasteiger partial charge >= 0.3 is 0 Å². The molecule has 0 amide bonds. The van der Waals surface area contributed by atoms with E-state index in [4.69, 9.17) is 5.73 Å². The number of nitrogens with zero attached hydrogens (tertiary/aromatic N) is 2. The Balaban J connectivity index is 0.00000220. The first kappa shape index (κ1) is 18.2. The molecular weight excluding hydrogens is 401 g/mol. The Bertz CT molecular complexity index is 612. The summed E-state index contributed by atoms with van der Waals surface area (Å²) < 4.78 is 22.9. The van der Waals surface area contributed by atoms with Crippen molar-refractivity contribution in [2.24, 2.45) is 10.7 Å². The van der Waals surface area contributed by atoms with Crippen molar-refractivity contribution < 1.29 is 8.42 Å². The molecule has 1 aromatic carbocycles. The average Bonchev–Trinajstić information content (AvgIpc) is 3.19. The van der Waals surface area contributed by atoms with E-state index in [1.54, 1.807) is 0 Å². The zero-order valence-corrected chi connectivity index (χ0v) is 15.5. The highest BCUT2D eigenvalue weighted by Crippen LogP contribution is 2.25. The van der Waals surface area contributed by atoms with Crippen LogP contribution in [0.3, 0.4) is 0 Å². The highest BCUT2D eigenvalue weighted by molar-refractivity contribution is 14.0. The van der Waals surface area contributed by atoms with Gasteiger partial charge in [-0.25, -0.2) is 13.4 Å². The summed E-state index contributed by atoms with van der Waals surface area (Å²) in [6.07, 6.45) is 3.57. The molecule has 0 aromatic heterocycles. The third-order valence-electron chi connectivity index (χ3n) is 3.40. The van der Waals surface area contributed by atoms with Crippen LogP contribution < -0.4 is 5.73 Å². The minimum atomic E-state index is -3.05. The van der Waals surface area contributed by atoms with Gasteiger partial charge in [-0.2, -0.15) is 0 Å². The van der Waals surface area contributed by atoms with Gasteiger partial charge in [0.1, 0.15) is 0 Å². The van der Waals surface area contributed by atoms with Crippen LogP contribution in [0, 0.1) is 0 Å². The van der Waals surface area contributed by atoms with Gasteiger partial charge in [-0.3, -0.25) is 0 Å². The molecule has 1 saturated carbocycles. The molecule has 0 heterocycles. The lowest BCUT2D eigenvalue weighted by molar-refractivity contribution is 0.487. The minimum Gasteiger partial charge on any atom is -0.370 e. The molecule has 2 N–H and O–H groups in total. The monoisotopic (exact) mass is 423 g/mol. The van der Waals surface area contributed by atoms with E-state index in [0.29, 0.717) is 18.5 Å². The lowest BCUT2D eigenvalue weighted by Gasteiger charge is -2.17. The van der Waals surface area contributed by atoms with E-state index in [2.05, 4.69) is 4.99 Å². The molecule has 1 fully saturated rings. The Morgan fingerprint density at radius 1 is 1.33 bits per heavy atom. The van der Waals surface area contributed by atoms with Crippen molar-refractivity contribution in [3.05, 3.63) is 35.4 Å². The molecule has 5 nitrogen and oxygen atoms in total. The number of rotatable bonds is 5. The molecular formula is C14H22IN3O2S. The molecule has 0 saturated heterocycles. The molecule has 0 aliphatic heterocycles. The Morgan fingerprint density at radius 3 is 2.43 bits per heavy atom. The Kier molecular flexibility index (Phi) is 6.45. The normalized spacial score (nSPS) is 15.4. The van der Waals surface area contributed by atoms with Gasteiger partial charge in [0, 0.05) is 19.3 Å².